The Morgan fingerprint density at radius 2 is 1.94 bits per heavy atom. The molecule has 1 nitrogen and oxygen atoms in total. The molecule has 1 unspecified atom stereocenters. The monoisotopic (exact) mass is 227 g/mol. The van der Waals surface area contributed by atoms with Gasteiger partial charge in [0.2, 0.25) is 0 Å². The molecule has 0 fully saturated rings. The van der Waals surface area contributed by atoms with Gasteiger partial charge < -0.3 is 4.98 Å². The first kappa shape index (κ1) is 10.9. The van der Waals surface area contributed by atoms with Crippen LogP contribution in [0.2, 0.25) is 0 Å². The molecule has 1 atom stereocenters. The molecular weight excluding hydrogens is 206 g/mol. The van der Waals surface area contributed by atoms with E-state index in [0.29, 0.717) is 11.3 Å². The Kier molecular flexibility index (Phi) is 2.32. The summed E-state index contributed by atoms with van der Waals surface area (Å²) in [4.78, 5) is 3.67. The van der Waals surface area contributed by atoms with Gasteiger partial charge in [-0.3, -0.25) is 0 Å². The molecule has 1 aliphatic carbocycles. The van der Waals surface area contributed by atoms with Gasteiger partial charge in [-0.15, -0.1) is 0 Å². The predicted molar refractivity (Wildman–Crippen MR) is 73.4 cm³/mol. The molecule has 0 amide bonds. The molecule has 2 aromatic rings. The van der Waals surface area contributed by atoms with Crippen molar-refractivity contribution >= 4 is 10.9 Å². The van der Waals surface area contributed by atoms with Crippen LogP contribution in [0.5, 0.6) is 0 Å². The van der Waals surface area contributed by atoms with E-state index in [2.05, 4.69) is 50.0 Å². The quantitative estimate of drug-likeness (QED) is 0.675. The van der Waals surface area contributed by atoms with Crippen LogP contribution >= 0.6 is 0 Å². The van der Waals surface area contributed by atoms with E-state index in [0.717, 1.165) is 0 Å². The summed E-state index contributed by atoms with van der Waals surface area (Å²) in [5, 5.41) is 1.44. The molecule has 17 heavy (non-hydrogen) atoms. The second-order valence-corrected chi connectivity index (χ2v) is 6.37. The first-order chi connectivity index (χ1) is 8.07. The number of H-pyrrole nitrogens is 1. The van der Waals surface area contributed by atoms with Crippen LogP contribution in [0.3, 0.4) is 0 Å². The molecule has 1 aliphatic rings. The molecule has 0 saturated carbocycles. The highest BCUT2D eigenvalue weighted by molar-refractivity contribution is 5.85. The summed E-state index contributed by atoms with van der Waals surface area (Å²) < 4.78 is 0. The maximum atomic E-state index is 3.67. The molecular formula is C16H21N. The first-order valence-electron chi connectivity index (χ1n) is 6.67. The van der Waals surface area contributed by atoms with Gasteiger partial charge in [-0.1, -0.05) is 39.0 Å². The number of aryl methyl sites for hydroxylation is 1. The van der Waals surface area contributed by atoms with Crippen LogP contribution in [0.1, 0.15) is 50.8 Å². The van der Waals surface area contributed by atoms with Gasteiger partial charge in [0.1, 0.15) is 0 Å². The maximum absolute atomic E-state index is 3.67. The summed E-state index contributed by atoms with van der Waals surface area (Å²) in [7, 11) is 0. The zero-order valence-corrected chi connectivity index (χ0v) is 11.0. The highest BCUT2D eigenvalue weighted by Gasteiger charge is 2.32. The number of rotatable bonds is 0. The molecule has 90 valence electrons. The van der Waals surface area contributed by atoms with Gasteiger partial charge in [-0.25, -0.2) is 0 Å². The minimum absolute atomic E-state index is 0.357. The number of hydrogen-bond donors (Lipinski definition) is 1. The lowest BCUT2D eigenvalue weighted by Gasteiger charge is -2.34. The second kappa shape index (κ2) is 3.63. The van der Waals surface area contributed by atoms with Crippen molar-refractivity contribution in [3.05, 3.63) is 35.5 Å². The fourth-order valence-corrected chi connectivity index (χ4v) is 3.28. The number of aromatic nitrogens is 1. The lowest BCUT2D eigenvalue weighted by atomic mass is 9.72. The number of fused-ring (bicyclic) bond motifs is 3. The Morgan fingerprint density at radius 1 is 1.18 bits per heavy atom. The highest BCUT2D eigenvalue weighted by Crippen LogP contribution is 2.44. The van der Waals surface area contributed by atoms with Crippen molar-refractivity contribution in [3.8, 4) is 0 Å². The molecule has 3 rings (SSSR count). The van der Waals surface area contributed by atoms with Crippen molar-refractivity contribution < 1.29 is 0 Å². The van der Waals surface area contributed by atoms with Crippen LogP contribution in [0.15, 0.2) is 24.3 Å². The van der Waals surface area contributed by atoms with E-state index in [-0.39, 0.29) is 0 Å². The zero-order chi connectivity index (χ0) is 12.0. The maximum Gasteiger partial charge on any atom is 0.0459 e. The molecule has 0 radical (unpaired) electrons. The highest BCUT2D eigenvalue weighted by atomic mass is 14.7. The third-order valence-electron chi connectivity index (χ3n) is 4.16. The predicted octanol–water partition coefficient (Wildman–Crippen LogP) is 4.63. The van der Waals surface area contributed by atoms with Gasteiger partial charge in [-0.05, 0) is 36.3 Å². The zero-order valence-electron chi connectivity index (χ0n) is 11.0. The summed E-state index contributed by atoms with van der Waals surface area (Å²) in [6, 6.07) is 8.73. The Balaban J connectivity index is 2.21. The molecule has 0 bridgehead atoms. The van der Waals surface area contributed by atoms with Gasteiger partial charge in [0.05, 0.1) is 0 Å². The smallest absolute Gasteiger partial charge is 0.0459 e. The number of para-hydroxylation sites is 1. The van der Waals surface area contributed by atoms with Crippen molar-refractivity contribution in [2.75, 3.05) is 0 Å². The van der Waals surface area contributed by atoms with Crippen LogP contribution < -0.4 is 0 Å². The van der Waals surface area contributed by atoms with E-state index in [1.165, 1.54) is 35.9 Å². The Labute approximate surface area is 103 Å². The number of hydrogen-bond acceptors (Lipinski definition) is 0. The fraction of sp³-hybridized carbons (Fsp3) is 0.500. The topological polar surface area (TPSA) is 15.8 Å². The molecule has 1 heteroatoms. The second-order valence-electron chi connectivity index (χ2n) is 6.37. The Hall–Kier alpha value is -1.24. The van der Waals surface area contributed by atoms with Gasteiger partial charge in [0, 0.05) is 22.5 Å². The number of aromatic amines is 1. The van der Waals surface area contributed by atoms with Crippen molar-refractivity contribution in [1.29, 1.82) is 0 Å². The summed E-state index contributed by atoms with van der Waals surface area (Å²) in [6.07, 6.45) is 3.89. The van der Waals surface area contributed by atoms with E-state index < -0.39 is 0 Å². The van der Waals surface area contributed by atoms with E-state index >= 15 is 0 Å². The first-order valence-corrected chi connectivity index (χ1v) is 6.67. The molecule has 1 aromatic heterocycles. The average Bonchev–Trinajstić information content (AvgIpc) is 2.65. The summed E-state index contributed by atoms with van der Waals surface area (Å²) in [5.74, 6) is 0.679. The van der Waals surface area contributed by atoms with Crippen molar-refractivity contribution in [2.24, 2.45) is 5.41 Å². The molecule has 1 N–H and O–H groups in total. The van der Waals surface area contributed by atoms with E-state index in [9.17, 15) is 0 Å². The minimum Gasteiger partial charge on any atom is -0.358 e. The van der Waals surface area contributed by atoms with Crippen LogP contribution in [0, 0.1) is 5.41 Å². The van der Waals surface area contributed by atoms with Crippen LogP contribution in [0.4, 0.5) is 0 Å². The van der Waals surface area contributed by atoms with Gasteiger partial charge >= 0.3 is 0 Å². The lowest BCUT2D eigenvalue weighted by molar-refractivity contribution is 0.285. The Bertz CT molecular complexity index is 542. The molecule has 0 aliphatic heterocycles. The van der Waals surface area contributed by atoms with E-state index in [4.69, 9.17) is 0 Å². The minimum atomic E-state index is 0.357. The van der Waals surface area contributed by atoms with Gasteiger partial charge in [0.15, 0.2) is 0 Å². The van der Waals surface area contributed by atoms with Crippen LogP contribution in [-0.2, 0) is 6.42 Å². The van der Waals surface area contributed by atoms with Crippen molar-refractivity contribution in [1.82, 2.24) is 4.98 Å². The number of benzene rings is 1. The van der Waals surface area contributed by atoms with Crippen molar-refractivity contribution in [2.45, 2.75) is 46.0 Å². The normalized spacial score (nSPS) is 20.5. The van der Waals surface area contributed by atoms with E-state index in [1.807, 2.05) is 0 Å². The lowest BCUT2D eigenvalue weighted by Crippen LogP contribution is -2.22. The molecule has 0 spiro atoms. The van der Waals surface area contributed by atoms with Crippen LogP contribution in [-0.4, -0.2) is 4.98 Å². The van der Waals surface area contributed by atoms with Gasteiger partial charge in [0.25, 0.3) is 0 Å². The molecule has 0 saturated heterocycles. The standard InChI is InChI=1S/C16H21N/c1-16(2,3)13-9-6-8-12-11-7-4-5-10-14(11)17-15(12)13/h4-5,7,10,13,17H,6,8-9H2,1-3H3. The summed E-state index contributed by atoms with van der Waals surface area (Å²) >= 11 is 0. The van der Waals surface area contributed by atoms with Crippen molar-refractivity contribution in [3.63, 3.8) is 0 Å². The average molecular weight is 227 g/mol. The van der Waals surface area contributed by atoms with Crippen LogP contribution in [0.25, 0.3) is 10.9 Å². The summed E-state index contributed by atoms with van der Waals surface area (Å²) in [5.41, 5.74) is 4.75. The molecule has 1 aromatic carbocycles. The van der Waals surface area contributed by atoms with Gasteiger partial charge in [-0.2, -0.15) is 0 Å². The third kappa shape index (κ3) is 1.69. The largest absolute Gasteiger partial charge is 0.358 e. The Morgan fingerprint density at radius 3 is 2.71 bits per heavy atom. The third-order valence-corrected chi connectivity index (χ3v) is 4.16. The SMILES string of the molecule is CC(C)(C)C1CCCc2c1[nH]c1ccccc21. The fourth-order valence-electron chi connectivity index (χ4n) is 3.28. The van der Waals surface area contributed by atoms with E-state index in [1.54, 1.807) is 5.56 Å². The molecule has 1 heterocycles. The number of nitrogens with one attached hydrogen (secondary N) is 1. The summed E-state index contributed by atoms with van der Waals surface area (Å²) in [6.45, 7) is 7.08.